The smallest absolute Gasteiger partial charge is 0.261 e. The monoisotopic (exact) mass is 379 g/mol. The number of rotatable bonds is 4. The van der Waals surface area contributed by atoms with E-state index in [1.807, 2.05) is 29.2 Å². The molecule has 2 heterocycles. The third-order valence-corrected chi connectivity index (χ3v) is 5.50. The van der Waals surface area contributed by atoms with Crippen molar-refractivity contribution in [1.29, 1.82) is 0 Å². The Labute approximate surface area is 143 Å². The summed E-state index contributed by atoms with van der Waals surface area (Å²) in [5, 5.41) is 2.12. The Morgan fingerprint density at radius 3 is 2.86 bits per heavy atom. The Kier molecular flexibility index (Phi) is 4.84. The molecule has 0 N–H and O–H groups in total. The molecule has 1 aromatic heterocycles. The molecule has 116 valence electrons. The van der Waals surface area contributed by atoms with Gasteiger partial charge < -0.3 is 9.64 Å². The number of amides is 1. The minimum absolute atomic E-state index is 0.0617. The van der Waals surface area contributed by atoms with Crippen LogP contribution in [-0.2, 0) is 11.2 Å². The lowest BCUT2D eigenvalue weighted by Crippen LogP contribution is -2.41. The Morgan fingerprint density at radius 1 is 1.36 bits per heavy atom. The Bertz CT molecular complexity index is 653. The molecular formula is C17H18BrNO2S. The summed E-state index contributed by atoms with van der Waals surface area (Å²) in [6.45, 7) is 3.01. The van der Waals surface area contributed by atoms with Crippen LogP contribution in [0.4, 0.5) is 0 Å². The number of nitrogens with zero attached hydrogens (tertiary/aromatic N) is 1. The van der Waals surface area contributed by atoms with Crippen molar-refractivity contribution >= 4 is 33.2 Å². The van der Waals surface area contributed by atoms with Crippen LogP contribution in [0.25, 0.3) is 0 Å². The minimum atomic E-state index is 0.0617. The number of carbonyl (C=O) groups excluding carboxylic acids is 1. The minimum Gasteiger partial charge on any atom is -0.484 e. The van der Waals surface area contributed by atoms with Crippen molar-refractivity contribution in [3.05, 3.63) is 50.6 Å². The molecule has 3 rings (SSSR count). The first kappa shape index (κ1) is 15.6. The summed E-state index contributed by atoms with van der Waals surface area (Å²) in [6, 6.07) is 9.89. The lowest BCUT2D eigenvalue weighted by molar-refractivity contribution is -0.136. The van der Waals surface area contributed by atoms with Crippen molar-refractivity contribution in [2.24, 2.45) is 0 Å². The van der Waals surface area contributed by atoms with E-state index < -0.39 is 0 Å². The summed E-state index contributed by atoms with van der Waals surface area (Å²) < 4.78 is 6.63. The third-order valence-electron chi connectivity index (χ3n) is 3.98. The standard InChI is InChI=1S/C17H18BrNO2S/c1-2-15-14-8-10-22-16(14)7-9-19(15)17(20)11-21-13-5-3-12(18)4-6-13/h3-6,8,10,15H,2,7,9,11H2,1H3/t15-/m0/s1. The normalized spacial score (nSPS) is 17.2. The number of thiophene rings is 1. The molecule has 0 radical (unpaired) electrons. The van der Waals surface area contributed by atoms with E-state index in [1.165, 1.54) is 10.4 Å². The maximum atomic E-state index is 12.5. The molecule has 5 heteroatoms. The van der Waals surface area contributed by atoms with Crippen molar-refractivity contribution in [3.8, 4) is 5.75 Å². The zero-order chi connectivity index (χ0) is 15.5. The van der Waals surface area contributed by atoms with Crippen LogP contribution in [0.15, 0.2) is 40.2 Å². The molecule has 2 aromatic rings. The van der Waals surface area contributed by atoms with Crippen LogP contribution in [0.3, 0.4) is 0 Å². The highest BCUT2D eigenvalue weighted by Crippen LogP contribution is 2.35. The summed E-state index contributed by atoms with van der Waals surface area (Å²) in [5.74, 6) is 0.782. The first-order chi connectivity index (χ1) is 10.7. The number of halogens is 1. The number of benzene rings is 1. The Balaban J connectivity index is 1.66. The molecule has 0 fully saturated rings. The van der Waals surface area contributed by atoms with Gasteiger partial charge >= 0.3 is 0 Å². The maximum Gasteiger partial charge on any atom is 0.261 e. The van der Waals surface area contributed by atoms with E-state index in [2.05, 4.69) is 34.3 Å². The van der Waals surface area contributed by atoms with Gasteiger partial charge in [0.2, 0.25) is 0 Å². The molecule has 22 heavy (non-hydrogen) atoms. The largest absolute Gasteiger partial charge is 0.484 e. The van der Waals surface area contributed by atoms with Gasteiger partial charge in [0, 0.05) is 15.9 Å². The average Bonchev–Trinajstić information content (AvgIpc) is 3.01. The van der Waals surface area contributed by atoms with Crippen LogP contribution in [0.5, 0.6) is 5.75 Å². The van der Waals surface area contributed by atoms with Gasteiger partial charge in [0.25, 0.3) is 5.91 Å². The predicted molar refractivity (Wildman–Crippen MR) is 92.4 cm³/mol. The number of carbonyl (C=O) groups is 1. The van der Waals surface area contributed by atoms with E-state index in [1.54, 1.807) is 11.3 Å². The van der Waals surface area contributed by atoms with Gasteiger partial charge in [0.1, 0.15) is 5.75 Å². The molecule has 1 aromatic carbocycles. The van der Waals surface area contributed by atoms with E-state index in [0.29, 0.717) is 0 Å². The highest BCUT2D eigenvalue weighted by molar-refractivity contribution is 9.10. The van der Waals surface area contributed by atoms with Gasteiger partial charge in [-0.1, -0.05) is 22.9 Å². The summed E-state index contributed by atoms with van der Waals surface area (Å²) in [5.41, 5.74) is 1.32. The summed E-state index contributed by atoms with van der Waals surface area (Å²) in [6.07, 6.45) is 1.89. The molecule has 1 atom stereocenters. The first-order valence-electron chi connectivity index (χ1n) is 7.43. The van der Waals surface area contributed by atoms with Crippen LogP contribution in [0.1, 0.15) is 29.8 Å². The van der Waals surface area contributed by atoms with E-state index >= 15 is 0 Å². The summed E-state index contributed by atoms with van der Waals surface area (Å²) in [7, 11) is 0. The van der Waals surface area contributed by atoms with Crippen LogP contribution in [0.2, 0.25) is 0 Å². The molecular weight excluding hydrogens is 362 g/mol. The van der Waals surface area contributed by atoms with Crippen molar-refractivity contribution in [3.63, 3.8) is 0 Å². The molecule has 0 bridgehead atoms. The second-order valence-electron chi connectivity index (χ2n) is 5.30. The predicted octanol–water partition coefficient (Wildman–Crippen LogP) is 4.43. The van der Waals surface area contributed by atoms with Crippen molar-refractivity contribution in [2.45, 2.75) is 25.8 Å². The lowest BCUT2D eigenvalue weighted by Gasteiger charge is -2.35. The van der Waals surface area contributed by atoms with Crippen molar-refractivity contribution in [2.75, 3.05) is 13.2 Å². The van der Waals surface area contributed by atoms with Gasteiger partial charge in [0.05, 0.1) is 6.04 Å². The third kappa shape index (κ3) is 3.20. The molecule has 1 amide bonds. The molecule has 0 aliphatic carbocycles. The molecule has 0 spiro atoms. The zero-order valence-corrected chi connectivity index (χ0v) is 14.8. The fourth-order valence-electron chi connectivity index (χ4n) is 2.89. The zero-order valence-electron chi connectivity index (χ0n) is 12.4. The topological polar surface area (TPSA) is 29.5 Å². The van der Waals surface area contributed by atoms with E-state index in [4.69, 9.17) is 4.74 Å². The average molecular weight is 380 g/mol. The maximum absolute atomic E-state index is 12.5. The number of hydrogen-bond acceptors (Lipinski definition) is 3. The van der Waals surface area contributed by atoms with Crippen LogP contribution in [0, 0.1) is 0 Å². The second kappa shape index (κ2) is 6.84. The van der Waals surface area contributed by atoms with Gasteiger partial charge in [0.15, 0.2) is 6.61 Å². The van der Waals surface area contributed by atoms with Gasteiger partial charge in [-0.3, -0.25) is 4.79 Å². The number of ether oxygens (including phenoxy) is 1. The number of hydrogen-bond donors (Lipinski definition) is 0. The molecule has 1 aliphatic rings. The fraction of sp³-hybridized carbons (Fsp3) is 0.353. The fourth-order valence-corrected chi connectivity index (χ4v) is 4.09. The summed E-state index contributed by atoms with van der Waals surface area (Å²) >= 11 is 5.18. The number of fused-ring (bicyclic) bond motifs is 1. The van der Waals surface area contributed by atoms with Gasteiger partial charge in [-0.05, 0) is 54.1 Å². The van der Waals surface area contributed by atoms with E-state index in [-0.39, 0.29) is 18.6 Å². The van der Waals surface area contributed by atoms with Crippen LogP contribution in [-0.4, -0.2) is 24.0 Å². The SMILES string of the molecule is CC[C@H]1c2ccsc2CCN1C(=O)COc1ccc(Br)cc1. The highest BCUT2D eigenvalue weighted by Gasteiger charge is 2.30. The van der Waals surface area contributed by atoms with E-state index in [0.717, 1.165) is 29.6 Å². The van der Waals surface area contributed by atoms with Crippen LogP contribution >= 0.6 is 27.3 Å². The molecule has 1 aliphatic heterocycles. The van der Waals surface area contributed by atoms with Crippen molar-refractivity contribution in [1.82, 2.24) is 4.90 Å². The van der Waals surface area contributed by atoms with E-state index in [9.17, 15) is 4.79 Å². The molecule has 0 saturated heterocycles. The molecule has 3 nitrogen and oxygen atoms in total. The van der Waals surface area contributed by atoms with Gasteiger partial charge in [-0.25, -0.2) is 0 Å². The van der Waals surface area contributed by atoms with Crippen LogP contribution < -0.4 is 4.74 Å². The molecule has 0 unspecified atom stereocenters. The summed E-state index contributed by atoms with van der Waals surface area (Å²) in [4.78, 5) is 15.9. The van der Waals surface area contributed by atoms with Crippen molar-refractivity contribution < 1.29 is 9.53 Å². The Hall–Kier alpha value is -1.33. The Morgan fingerprint density at radius 2 is 2.14 bits per heavy atom. The van der Waals surface area contributed by atoms with Gasteiger partial charge in [-0.2, -0.15) is 0 Å². The highest BCUT2D eigenvalue weighted by atomic mass is 79.9. The molecule has 0 saturated carbocycles. The second-order valence-corrected chi connectivity index (χ2v) is 7.22. The van der Waals surface area contributed by atoms with Gasteiger partial charge in [-0.15, -0.1) is 11.3 Å². The first-order valence-corrected chi connectivity index (χ1v) is 9.10. The quantitative estimate of drug-likeness (QED) is 0.786. The lowest BCUT2D eigenvalue weighted by atomic mass is 9.98.